The van der Waals surface area contributed by atoms with Crippen LogP contribution in [0.3, 0.4) is 0 Å². The van der Waals surface area contributed by atoms with Crippen molar-refractivity contribution in [2.24, 2.45) is 5.92 Å². The number of aromatic amines is 1. The van der Waals surface area contributed by atoms with Gasteiger partial charge in [-0.2, -0.15) is 5.10 Å². The number of carbonyl (C=O) groups is 1. The lowest BCUT2D eigenvalue weighted by Gasteiger charge is -2.01. The van der Waals surface area contributed by atoms with Gasteiger partial charge < -0.3 is 4.74 Å². The molecule has 2 rings (SSSR count). The standard InChI is InChI=1S/C7H9N3O2/c11-6(5-1-2-12-3-5)7-8-4-9-10-7/h4-5H,1-3H2,(H,8,9,10). The number of nitrogens with zero attached hydrogens (tertiary/aromatic N) is 2. The molecular formula is C7H9N3O2. The van der Waals surface area contributed by atoms with Crippen molar-refractivity contribution in [3.8, 4) is 0 Å². The molecule has 1 aromatic heterocycles. The first-order valence-corrected chi connectivity index (χ1v) is 3.85. The molecule has 1 aromatic rings. The van der Waals surface area contributed by atoms with Crippen molar-refractivity contribution in [3.05, 3.63) is 12.2 Å². The van der Waals surface area contributed by atoms with Crippen molar-refractivity contribution >= 4 is 5.78 Å². The van der Waals surface area contributed by atoms with Gasteiger partial charge in [-0.25, -0.2) is 4.98 Å². The zero-order valence-corrected chi connectivity index (χ0v) is 6.49. The second-order valence-corrected chi connectivity index (χ2v) is 2.76. The second kappa shape index (κ2) is 3.02. The van der Waals surface area contributed by atoms with E-state index in [0.29, 0.717) is 19.0 Å². The second-order valence-electron chi connectivity index (χ2n) is 2.76. The normalized spacial score (nSPS) is 22.8. The largest absolute Gasteiger partial charge is 0.381 e. The highest BCUT2D eigenvalue weighted by atomic mass is 16.5. The Morgan fingerprint density at radius 2 is 2.67 bits per heavy atom. The van der Waals surface area contributed by atoms with E-state index in [-0.39, 0.29) is 11.7 Å². The van der Waals surface area contributed by atoms with E-state index < -0.39 is 0 Å². The Balaban J connectivity index is 2.09. The van der Waals surface area contributed by atoms with Crippen LogP contribution in [0.15, 0.2) is 6.33 Å². The Bertz CT molecular complexity index is 264. The minimum absolute atomic E-state index is 0.00463. The van der Waals surface area contributed by atoms with E-state index in [1.165, 1.54) is 6.33 Å². The number of nitrogens with one attached hydrogen (secondary N) is 1. The molecule has 0 radical (unpaired) electrons. The fourth-order valence-corrected chi connectivity index (χ4v) is 1.26. The zero-order valence-electron chi connectivity index (χ0n) is 6.49. The van der Waals surface area contributed by atoms with Gasteiger partial charge in [0.25, 0.3) is 0 Å². The molecule has 1 saturated heterocycles. The number of aromatic nitrogens is 3. The maximum atomic E-state index is 11.5. The first-order chi connectivity index (χ1) is 5.88. The van der Waals surface area contributed by atoms with E-state index in [0.717, 1.165) is 6.42 Å². The van der Waals surface area contributed by atoms with Crippen LogP contribution >= 0.6 is 0 Å². The quantitative estimate of drug-likeness (QED) is 0.630. The molecule has 1 N–H and O–H groups in total. The van der Waals surface area contributed by atoms with Gasteiger partial charge in [-0.1, -0.05) is 0 Å². The molecule has 0 saturated carbocycles. The highest BCUT2D eigenvalue weighted by Gasteiger charge is 2.26. The summed E-state index contributed by atoms with van der Waals surface area (Å²) >= 11 is 0. The predicted molar refractivity (Wildman–Crippen MR) is 39.6 cm³/mol. The van der Waals surface area contributed by atoms with Gasteiger partial charge in [0.15, 0.2) is 5.82 Å². The molecule has 5 heteroatoms. The van der Waals surface area contributed by atoms with E-state index in [1.807, 2.05) is 0 Å². The molecule has 64 valence electrons. The molecule has 0 spiro atoms. The SMILES string of the molecule is O=C(c1ncn[nH]1)C1CCOC1. The molecule has 1 aliphatic heterocycles. The Morgan fingerprint density at radius 1 is 1.75 bits per heavy atom. The molecule has 0 amide bonds. The lowest BCUT2D eigenvalue weighted by Crippen LogP contribution is -2.16. The molecule has 1 aliphatic rings. The van der Waals surface area contributed by atoms with Gasteiger partial charge in [-0.3, -0.25) is 9.89 Å². The lowest BCUT2D eigenvalue weighted by molar-refractivity contribution is 0.0890. The van der Waals surface area contributed by atoms with E-state index in [1.54, 1.807) is 0 Å². The van der Waals surface area contributed by atoms with E-state index in [9.17, 15) is 4.79 Å². The van der Waals surface area contributed by atoms with Gasteiger partial charge in [0, 0.05) is 6.61 Å². The van der Waals surface area contributed by atoms with Crippen LogP contribution in [0.4, 0.5) is 0 Å². The number of carbonyl (C=O) groups excluding carboxylic acids is 1. The third-order valence-electron chi connectivity index (χ3n) is 1.95. The monoisotopic (exact) mass is 167 g/mol. The van der Waals surface area contributed by atoms with E-state index in [2.05, 4.69) is 15.2 Å². The fourth-order valence-electron chi connectivity index (χ4n) is 1.26. The third-order valence-corrected chi connectivity index (χ3v) is 1.95. The van der Waals surface area contributed by atoms with Crippen molar-refractivity contribution in [2.45, 2.75) is 6.42 Å². The maximum absolute atomic E-state index is 11.5. The van der Waals surface area contributed by atoms with Gasteiger partial charge in [0.1, 0.15) is 6.33 Å². The van der Waals surface area contributed by atoms with Crippen LogP contribution in [-0.4, -0.2) is 34.2 Å². The molecular weight excluding hydrogens is 158 g/mol. The van der Waals surface area contributed by atoms with Gasteiger partial charge in [0.05, 0.1) is 12.5 Å². The van der Waals surface area contributed by atoms with Crippen molar-refractivity contribution in [2.75, 3.05) is 13.2 Å². The first-order valence-electron chi connectivity index (χ1n) is 3.85. The molecule has 0 aromatic carbocycles. The summed E-state index contributed by atoms with van der Waals surface area (Å²) in [6, 6.07) is 0. The number of hydrogen-bond donors (Lipinski definition) is 1. The fraction of sp³-hybridized carbons (Fsp3) is 0.571. The predicted octanol–water partition coefficient (Wildman–Crippen LogP) is 0.0239. The summed E-state index contributed by atoms with van der Waals surface area (Å²) in [7, 11) is 0. The molecule has 1 atom stereocenters. The van der Waals surface area contributed by atoms with Crippen molar-refractivity contribution in [3.63, 3.8) is 0 Å². The number of ketones is 1. The summed E-state index contributed by atoms with van der Waals surface area (Å²) in [5, 5.41) is 6.16. The highest BCUT2D eigenvalue weighted by Crippen LogP contribution is 2.15. The zero-order chi connectivity index (χ0) is 8.39. The average Bonchev–Trinajstić information content (AvgIpc) is 2.77. The van der Waals surface area contributed by atoms with Crippen LogP contribution in [0, 0.1) is 5.92 Å². The minimum atomic E-state index is -0.0297. The van der Waals surface area contributed by atoms with Crippen LogP contribution in [0.2, 0.25) is 0 Å². The molecule has 0 bridgehead atoms. The number of ether oxygens (including phenoxy) is 1. The van der Waals surface area contributed by atoms with E-state index >= 15 is 0 Å². The highest BCUT2D eigenvalue weighted by molar-refractivity contribution is 5.94. The molecule has 1 fully saturated rings. The van der Waals surface area contributed by atoms with Crippen molar-refractivity contribution in [1.29, 1.82) is 0 Å². The smallest absolute Gasteiger partial charge is 0.205 e. The number of rotatable bonds is 2. The number of hydrogen-bond acceptors (Lipinski definition) is 4. The van der Waals surface area contributed by atoms with Gasteiger partial charge in [-0.15, -0.1) is 0 Å². The van der Waals surface area contributed by atoms with Crippen LogP contribution in [-0.2, 0) is 4.74 Å². The summed E-state index contributed by atoms with van der Waals surface area (Å²) in [5.41, 5.74) is 0. The summed E-state index contributed by atoms with van der Waals surface area (Å²) in [6.07, 6.45) is 2.13. The van der Waals surface area contributed by atoms with Crippen molar-refractivity contribution < 1.29 is 9.53 Å². The number of Topliss-reactive ketones (excluding diaryl/α,β-unsaturated/α-hetero) is 1. The van der Waals surface area contributed by atoms with Crippen LogP contribution in [0.25, 0.3) is 0 Å². The minimum Gasteiger partial charge on any atom is -0.381 e. The van der Waals surface area contributed by atoms with Crippen LogP contribution < -0.4 is 0 Å². The molecule has 12 heavy (non-hydrogen) atoms. The lowest BCUT2D eigenvalue weighted by atomic mass is 10.0. The number of H-pyrrole nitrogens is 1. The van der Waals surface area contributed by atoms with Gasteiger partial charge >= 0.3 is 0 Å². The Hall–Kier alpha value is -1.23. The Labute approximate surface area is 69.1 Å². The summed E-state index contributed by atoms with van der Waals surface area (Å²) in [5.74, 6) is 0.313. The van der Waals surface area contributed by atoms with Gasteiger partial charge in [-0.05, 0) is 6.42 Å². The first kappa shape index (κ1) is 7.42. The van der Waals surface area contributed by atoms with Gasteiger partial charge in [0.2, 0.25) is 5.78 Å². The molecule has 1 unspecified atom stereocenters. The molecule has 5 nitrogen and oxygen atoms in total. The van der Waals surface area contributed by atoms with Crippen LogP contribution in [0.1, 0.15) is 17.0 Å². The third kappa shape index (κ3) is 1.23. The Kier molecular flexibility index (Phi) is 1.87. The van der Waals surface area contributed by atoms with Crippen molar-refractivity contribution in [1.82, 2.24) is 15.2 Å². The molecule has 2 heterocycles. The summed E-state index contributed by atoms with van der Waals surface area (Å²) in [4.78, 5) is 15.3. The Morgan fingerprint density at radius 3 is 3.25 bits per heavy atom. The topological polar surface area (TPSA) is 67.9 Å². The average molecular weight is 167 g/mol. The summed E-state index contributed by atoms with van der Waals surface area (Å²) < 4.78 is 5.09. The van der Waals surface area contributed by atoms with Crippen LogP contribution in [0.5, 0.6) is 0 Å². The molecule has 0 aliphatic carbocycles. The summed E-state index contributed by atoms with van der Waals surface area (Å²) in [6.45, 7) is 1.18. The van der Waals surface area contributed by atoms with E-state index in [4.69, 9.17) is 4.74 Å². The maximum Gasteiger partial charge on any atom is 0.205 e.